The van der Waals surface area contributed by atoms with Crippen molar-refractivity contribution < 1.29 is 9.90 Å². The van der Waals surface area contributed by atoms with E-state index in [1.54, 1.807) is 7.05 Å². The summed E-state index contributed by atoms with van der Waals surface area (Å²) in [6.45, 7) is 2.40. The average Bonchev–Trinajstić information content (AvgIpc) is 2.69. The van der Waals surface area contributed by atoms with Gasteiger partial charge in [0.05, 0.1) is 12.2 Å². The maximum absolute atomic E-state index is 12.7. The Labute approximate surface area is 173 Å². The molecule has 0 radical (unpaired) electrons. The third kappa shape index (κ3) is 3.40. The number of hydrogen-bond acceptors (Lipinski definition) is 4. The predicted molar refractivity (Wildman–Crippen MR) is 111 cm³/mol. The summed E-state index contributed by atoms with van der Waals surface area (Å²) in [5.74, 6) is -1.17. The number of benzene rings is 2. The summed E-state index contributed by atoms with van der Waals surface area (Å²) in [6.07, 6.45) is 1.06. The Balaban J connectivity index is 1.95. The van der Waals surface area contributed by atoms with Crippen LogP contribution in [0.4, 0.5) is 0 Å². The molecule has 3 aromatic rings. The average molecular weight is 410 g/mol. The molecule has 6 nitrogen and oxygen atoms in total. The number of hydrogen-bond donors (Lipinski definition) is 1. The van der Waals surface area contributed by atoms with Gasteiger partial charge in [0.1, 0.15) is 0 Å². The number of carbonyl (C=O) groups excluding carboxylic acids is 1. The van der Waals surface area contributed by atoms with E-state index >= 15 is 0 Å². The minimum absolute atomic E-state index is 0.0807. The number of rotatable bonds is 3. The highest BCUT2D eigenvalue weighted by Gasteiger charge is 2.38. The zero-order chi connectivity index (χ0) is 20.7. The summed E-state index contributed by atoms with van der Waals surface area (Å²) >= 11 is 6.10. The molecule has 7 heteroatoms. The molecule has 1 amide bonds. The first-order valence-electron chi connectivity index (χ1n) is 9.25. The lowest BCUT2D eigenvalue weighted by atomic mass is 9.83. The van der Waals surface area contributed by atoms with E-state index in [9.17, 15) is 14.7 Å². The van der Waals surface area contributed by atoms with Crippen LogP contribution in [0.2, 0.25) is 5.02 Å². The summed E-state index contributed by atoms with van der Waals surface area (Å²) < 4.78 is 1.49. The molecular formula is C22H20ClN3O3. The second-order valence-corrected chi connectivity index (χ2v) is 7.78. The van der Waals surface area contributed by atoms with Crippen LogP contribution < -0.4 is 5.43 Å². The first-order chi connectivity index (χ1) is 13.9. The Hall–Kier alpha value is -3.12. The Bertz CT molecular complexity index is 1140. The fourth-order valence-electron chi connectivity index (χ4n) is 3.95. The third-order valence-corrected chi connectivity index (χ3v) is 5.58. The summed E-state index contributed by atoms with van der Waals surface area (Å²) in [4.78, 5) is 26.1. The molecule has 0 saturated carbocycles. The maximum Gasteiger partial charge on any atom is 0.275 e. The maximum atomic E-state index is 12.7. The molecule has 2 heterocycles. The highest BCUT2D eigenvalue weighted by atomic mass is 35.5. The molecule has 1 aromatic heterocycles. The predicted octanol–water partition coefficient (Wildman–Crippen LogP) is 3.37. The van der Waals surface area contributed by atoms with Gasteiger partial charge in [-0.25, -0.2) is 0 Å². The fourth-order valence-corrected chi connectivity index (χ4v) is 4.07. The van der Waals surface area contributed by atoms with Gasteiger partial charge in [-0.1, -0.05) is 53.6 Å². The van der Waals surface area contributed by atoms with Gasteiger partial charge in [0.25, 0.3) is 5.91 Å². The van der Waals surface area contributed by atoms with Crippen molar-refractivity contribution in [1.82, 2.24) is 14.7 Å². The van der Waals surface area contributed by atoms with Crippen LogP contribution in [0.5, 0.6) is 5.75 Å². The zero-order valence-electron chi connectivity index (χ0n) is 16.0. The third-order valence-electron chi connectivity index (χ3n) is 5.33. The molecule has 0 fully saturated rings. The fraction of sp³-hybridized carbons (Fsp3) is 0.227. The molecular weight excluding hydrogens is 390 g/mol. The Morgan fingerprint density at radius 2 is 1.86 bits per heavy atom. The molecule has 0 saturated heterocycles. The zero-order valence-corrected chi connectivity index (χ0v) is 16.8. The quantitative estimate of drug-likeness (QED) is 0.719. The topological polar surface area (TPSA) is 75.4 Å². The molecule has 1 aliphatic rings. The summed E-state index contributed by atoms with van der Waals surface area (Å²) in [5, 5.41) is 15.2. The van der Waals surface area contributed by atoms with Crippen molar-refractivity contribution in [2.75, 3.05) is 13.6 Å². The van der Waals surface area contributed by atoms with Crippen LogP contribution in [-0.4, -0.2) is 39.3 Å². The van der Waals surface area contributed by atoms with Crippen molar-refractivity contribution in [3.63, 3.8) is 0 Å². The highest BCUT2D eigenvalue weighted by Crippen LogP contribution is 2.39. The smallest absolute Gasteiger partial charge is 0.275 e. The molecule has 4 rings (SSSR count). The minimum Gasteiger partial charge on any atom is -0.502 e. The molecule has 2 unspecified atom stereocenters. The molecule has 0 aliphatic carbocycles. The lowest BCUT2D eigenvalue weighted by Gasteiger charge is -2.37. The molecule has 1 N–H and O–H groups in total. The van der Waals surface area contributed by atoms with Gasteiger partial charge < -0.3 is 10.0 Å². The molecule has 29 heavy (non-hydrogen) atoms. The van der Waals surface area contributed by atoms with Crippen molar-refractivity contribution in [2.24, 2.45) is 0 Å². The van der Waals surface area contributed by atoms with E-state index in [4.69, 9.17) is 11.6 Å². The summed E-state index contributed by atoms with van der Waals surface area (Å²) in [6, 6.07) is 15.4. The van der Waals surface area contributed by atoms with E-state index in [0.29, 0.717) is 11.6 Å². The first kappa shape index (κ1) is 19.2. The first-order valence-corrected chi connectivity index (χ1v) is 9.63. The van der Waals surface area contributed by atoms with E-state index in [-0.39, 0.29) is 17.7 Å². The van der Waals surface area contributed by atoms with Crippen molar-refractivity contribution in [2.45, 2.75) is 18.9 Å². The highest BCUT2D eigenvalue weighted by molar-refractivity contribution is 6.30. The normalized spacial score (nSPS) is 17.1. The van der Waals surface area contributed by atoms with Crippen LogP contribution in [0.1, 0.15) is 39.1 Å². The number of aromatic hydroxyl groups is 1. The van der Waals surface area contributed by atoms with E-state index in [2.05, 4.69) is 11.2 Å². The van der Waals surface area contributed by atoms with Gasteiger partial charge in [0, 0.05) is 24.5 Å². The van der Waals surface area contributed by atoms with Crippen LogP contribution in [-0.2, 0) is 0 Å². The van der Waals surface area contributed by atoms with Crippen LogP contribution in [0.3, 0.4) is 0 Å². The van der Waals surface area contributed by atoms with Gasteiger partial charge in [0.2, 0.25) is 5.43 Å². The molecule has 1 aliphatic heterocycles. The van der Waals surface area contributed by atoms with E-state index in [0.717, 1.165) is 22.9 Å². The number of aromatic nitrogens is 2. The number of aryl methyl sites for hydroxylation is 1. The van der Waals surface area contributed by atoms with Crippen LogP contribution in [0, 0.1) is 6.92 Å². The van der Waals surface area contributed by atoms with Crippen LogP contribution in [0.15, 0.2) is 59.5 Å². The lowest BCUT2D eigenvalue weighted by molar-refractivity contribution is 0.0686. The van der Waals surface area contributed by atoms with Crippen molar-refractivity contribution in [1.29, 1.82) is 0 Å². The van der Waals surface area contributed by atoms with E-state index in [1.807, 2.05) is 49.4 Å². The molecule has 2 aromatic carbocycles. The van der Waals surface area contributed by atoms with E-state index < -0.39 is 17.1 Å². The Morgan fingerprint density at radius 1 is 1.14 bits per heavy atom. The van der Waals surface area contributed by atoms with Gasteiger partial charge in [0.15, 0.2) is 11.4 Å². The summed E-state index contributed by atoms with van der Waals surface area (Å²) in [7, 11) is 1.66. The minimum atomic E-state index is -0.669. The summed E-state index contributed by atoms with van der Waals surface area (Å²) in [5.41, 5.74) is 2.41. The number of halogens is 1. The number of fused-ring (bicyclic) bond motifs is 1. The number of carbonyl (C=O) groups is 1. The number of amides is 1. The Kier molecular flexibility index (Phi) is 4.88. The SMILES string of the molecule is Cc1cccc(C(c2ccc(Cl)cc2)C2CN(C)C(=O)c3c(O)c(=O)cnn32)c1. The van der Waals surface area contributed by atoms with Gasteiger partial charge in [-0.3, -0.25) is 14.3 Å². The lowest BCUT2D eigenvalue weighted by Crippen LogP contribution is -2.45. The number of likely N-dealkylation sites (N-methyl/N-ethyl adjacent to an activating group) is 1. The second kappa shape index (κ2) is 7.37. The standard InChI is InChI=1S/C22H20ClN3O3/c1-13-4-3-5-15(10-13)19(14-6-8-16(23)9-7-14)17-12-25(2)22(29)20-21(28)18(27)11-24-26(17)20/h3-11,17,19,28H,12H2,1-2H3. The molecule has 0 bridgehead atoms. The van der Waals surface area contributed by atoms with Crippen molar-refractivity contribution in [3.05, 3.63) is 92.4 Å². The van der Waals surface area contributed by atoms with Gasteiger partial charge in [-0.05, 0) is 30.2 Å². The monoisotopic (exact) mass is 409 g/mol. The van der Waals surface area contributed by atoms with Crippen molar-refractivity contribution in [3.8, 4) is 5.75 Å². The largest absolute Gasteiger partial charge is 0.502 e. The van der Waals surface area contributed by atoms with Crippen LogP contribution >= 0.6 is 11.6 Å². The molecule has 0 spiro atoms. The van der Waals surface area contributed by atoms with Gasteiger partial charge in [-0.15, -0.1) is 0 Å². The molecule has 148 valence electrons. The van der Waals surface area contributed by atoms with Crippen molar-refractivity contribution >= 4 is 17.5 Å². The van der Waals surface area contributed by atoms with Gasteiger partial charge in [-0.2, -0.15) is 5.10 Å². The van der Waals surface area contributed by atoms with E-state index in [1.165, 1.54) is 9.58 Å². The second-order valence-electron chi connectivity index (χ2n) is 7.35. The van der Waals surface area contributed by atoms with Crippen LogP contribution in [0.25, 0.3) is 0 Å². The molecule has 2 atom stereocenters. The number of nitrogens with zero attached hydrogens (tertiary/aromatic N) is 3. The Morgan fingerprint density at radius 3 is 2.55 bits per heavy atom. The van der Waals surface area contributed by atoms with Gasteiger partial charge >= 0.3 is 0 Å².